The van der Waals surface area contributed by atoms with Crippen molar-refractivity contribution >= 4 is 13.6 Å². The molecule has 39 heavy (non-hydrogen) atoms. The number of rotatable bonds is 9. The maximum Gasteiger partial charge on any atom is 0.587 e. The van der Waals surface area contributed by atoms with Crippen LogP contribution in [0.5, 0.6) is 11.5 Å². The number of alkyl halides is 4. The lowest BCUT2D eigenvalue weighted by molar-refractivity contribution is -0.193. The first-order chi connectivity index (χ1) is 18.3. The number of hydrogen-bond acceptors (Lipinski definition) is 9. The van der Waals surface area contributed by atoms with E-state index in [9.17, 15) is 23.2 Å². The molecule has 10 nitrogen and oxygen atoms in total. The van der Waals surface area contributed by atoms with Gasteiger partial charge in [-0.1, -0.05) is 35.4 Å². The van der Waals surface area contributed by atoms with Crippen LogP contribution in [0.2, 0.25) is 0 Å². The van der Waals surface area contributed by atoms with E-state index in [-0.39, 0.29) is 21.9 Å². The van der Waals surface area contributed by atoms with Crippen LogP contribution in [0.3, 0.4) is 0 Å². The SMILES string of the molecule is Cc1ccc(OP(=O)(OC[C@@]2(C(F)F)O[C@@H](n3ccc(N)nc3=O)C(F)(F)[C@@H]2O)Oc2ccc(C)cc2)cc1. The first kappa shape index (κ1) is 28.6. The number of phosphoric acid groups is 1. The molecule has 1 aliphatic rings. The summed E-state index contributed by atoms with van der Waals surface area (Å²) in [5, 5.41) is 10.4. The average molecular weight is 573 g/mol. The number of aromatic nitrogens is 2. The molecule has 1 fully saturated rings. The number of aryl methyl sites for hydroxylation is 2. The molecule has 1 saturated heterocycles. The lowest BCUT2D eigenvalue weighted by Gasteiger charge is -2.31. The Bertz CT molecular complexity index is 1370. The molecule has 3 atom stereocenters. The molecule has 1 aromatic heterocycles. The van der Waals surface area contributed by atoms with E-state index in [1.807, 2.05) is 0 Å². The van der Waals surface area contributed by atoms with E-state index in [2.05, 4.69) is 4.98 Å². The van der Waals surface area contributed by atoms with E-state index in [0.717, 1.165) is 23.4 Å². The number of ether oxygens (including phenoxy) is 1. The zero-order valence-corrected chi connectivity index (χ0v) is 21.4. The Labute approximate surface area is 219 Å². The largest absolute Gasteiger partial charge is 0.587 e. The minimum Gasteiger partial charge on any atom is -0.395 e. The molecule has 0 spiro atoms. The summed E-state index contributed by atoms with van der Waals surface area (Å²) in [5.41, 5.74) is 2.19. The molecule has 4 rings (SSSR count). The van der Waals surface area contributed by atoms with E-state index >= 15 is 8.78 Å². The fourth-order valence-corrected chi connectivity index (χ4v) is 4.98. The van der Waals surface area contributed by atoms with E-state index in [0.29, 0.717) is 0 Å². The summed E-state index contributed by atoms with van der Waals surface area (Å²) in [7, 11) is -4.87. The summed E-state index contributed by atoms with van der Waals surface area (Å²) in [6.07, 6.45) is -9.00. The van der Waals surface area contributed by atoms with Gasteiger partial charge in [0.05, 0.1) is 6.61 Å². The van der Waals surface area contributed by atoms with Gasteiger partial charge in [-0.3, -0.25) is 9.09 Å². The molecule has 3 aromatic rings. The van der Waals surface area contributed by atoms with Crippen molar-refractivity contribution in [2.24, 2.45) is 0 Å². The Morgan fingerprint density at radius 2 is 1.56 bits per heavy atom. The number of nitrogen functional groups attached to an aromatic ring is 1. The predicted octanol–water partition coefficient (Wildman–Crippen LogP) is 4.25. The van der Waals surface area contributed by atoms with Crippen LogP contribution in [0.25, 0.3) is 0 Å². The third kappa shape index (κ3) is 5.78. The molecule has 210 valence electrons. The van der Waals surface area contributed by atoms with Crippen LogP contribution in [0, 0.1) is 13.8 Å². The Morgan fingerprint density at radius 1 is 1.05 bits per heavy atom. The van der Waals surface area contributed by atoms with Crippen molar-refractivity contribution in [3.63, 3.8) is 0 Å². The lowest BCUT2D eigenvalue weighted by Crippen LogP contribution is -2.54. The van der Waals surface area contributed by atoms with Gasteiger partial charge in [-0.05, 0) is 44.2 Å². The third-order valence-electron chi connectivity index (χ3n) is 5.89. The molecule has 2 heterocycles. The van der Waals surface area contributed by atoms with Crippen LogP contribution in [0.4, 0.5) is 23.4 Å². The topological polar surface area (TPSA) is 135 Å². The summed E-state index contributed by atoms with van der Waals surface area (Å²) in [6, 6.07) is 13.0. The molecule has 3 N–H and O–H groups in total. The second-order valence-corrected chi connectivity index (χ2v) is 10.4. The summed E-state index contributed by atoms with van der Waals surface area (Å²) in [4.78, 5) is 15.4. The molecule has 2 aromatic carbocycles. The van der Waals surface area contributed by atoms with Gasteiger partial charge in [0.1, 0.15) is 17.3 Å². The quantitative estimate of drug-likeness (QED) is 0.285. The van der Waals surface area contributed by atoms with Crippen molar-refractivity contribution in [3.8, 4) is 11.5 Å². The third-order valence-corrected chi connectivity index (χ3v) is 7.20. The second-order valence-electron chi connectivity index (χ2n) is 8.87. The standard InChI is InChI=1S/C24H24F4N3O7P/c1-14-3-7-16(8-4-14)37-39(34,38-17-9-5-15(2)6-10-17)35-13-23(20(25)26)19(32)24(27,28)21(36-23)31-12-11-18(29)30-22(31)33/h3-12,19-21,32H,13H2,1-2H3,(H2,29,30,33)/t19-,21-,23-/m1/s1. The maximum absolute atomic E-state index is 15.1. The van der Waals surface area contributed by atoms with Gasteiger partial charge in [-0.2, -0.15) is 13.8 Å². The molecular formula is C24H24F4N3O7P. The first-order valence-electron chi connectivity index (χ1n) is 11.4. The van der Waals surface area contributed by atoms with Crippen molar-refractivity contribution in [2.75, 3.05) is 12.3 Å². The highest BCUT2D eigenvalue weighted by Gasteiger charge is 2.71. The number of benzene rings is 2. The van der Waals surface area contributed by atoms with Crippen molar-refractivity contribution in [2.45, 2.75) is 44.1 Å². The number of nitrogens with zero attached hydrogens (tertiary/aromatic N) is 2. The summed E-state index contributed by atoms with van der Waals surface area (Å²) in [6.45, 7) is 1.96. The van der Waals surface area contributed by atoms with Crippen LogP contribution in [0.1, 0.15) is 17.4 Å². The van der Waals surface area contributed by atoms with Crippen LogP contribution in [0.15, 0.2) is 65.6 Å². The number of halogens is 4. The Balaban J connectivity index is 1.67. The molecule has 15 heteroatoms. The molecule has 0 radical (unpaired) electrons. The van der Waals surface area contributed by atoms with Gasteiger partial charge in [0.2, 0.25) is 6.23 Å². The number of anilines is 1. The normalized spacial score (nSPS) is 22.7. The maximum atomic E-state index is 15.1. The monoisotopic (exact) mass is 573 g/mol. The van der Waals surface area contributed by atoms with Gasteiger partial charge in [0.15, 0.2) is 11.7 Å². The van der Waals surface area contributed by atoms with Crippen LogP contribution < -0.4 is 20.5 Å². The Morgan fingerprint density at radius 3 is 2.03 bits per heavy atom. The van der Waals surface area contributed by atoms with E-state index < -0.39 is 50.4 Å². The Kier molecular flexibility index (Phi) is 7.77. The number of aliphatic hydroxyl groups is 1. The molecule has 1 aliphatic heterocycles. The predicted molar refractivity (Wildman–Crippen MR) is 130 cm³/mol. The van der Waals surface area contributed by atoms with Gasteiger partial charge >= 0.3 is 19.4 Å². The summed E-state index contributed by atoms with van der Waals surface area (Å²) >= 11 is 0. The molecular weight excluding hydrogens is 549 g/mol. The van der Waals surface area contributed by atoms with Gasteiger partial charge in [-0.15, -0.1) is 0 Å². The second kappa shape index (κ2) is 10.6. The summed E-state index contributed by atoms with van der Waals surface area (Å²) < 4.78 is 93.6. The van der Waals surface area contributed by atoms with E-state index in [1.54, 1.807) is 38.1 Å². The highest BCUT2D eigenvalue weighted by Crippen LogP contribution is 2.55. The van der Waals surface area contributed by atoms with Crippen LogP contribution in [-0.4, -0.2) is 45.3 Å². The van der Waals surface area contributed by atoms with Crippen molar-refractivity contribution < 1.29 is 45.5 Å². The minimum atomic E-state index is -4.87. The van der Waals surface area contributed by atoms with Crippen molar-refractivity contribution in [3.05, 3.63) is 82.4 Å². The van der Waals surface area contributed by atoms with E-state index in [4.69, 9.17) is 24.0 Å². The smallest absolute Gasteiger partial charge is 0.395 e. The lowest BCUT2D eigenvalue weighted by atomic mass is 9.96. The zero-order valence-electron chi connectivity index (χ0n) is 20.5. The van der Waals surface area contributed by atoms with Crippen LogP contribution >= 0.6 is 7.82 Å². The van der Waals surface area contributed by atoms with Gasteiger partial charge in [0, 0.05) is 6.20 Å². The van der Waals surface area contributed by atoms with Gasteiger partial charge in [0.25, 0.3) is 6.43 Å². The number of phosphoric ester groups is 1. The molecule has 0 saturated carbocycles. The highest BCUT2D eigenvalue weighted by molar-refractivity contribution is 7.49. The van der Waals surface area contributed by atoms with Gasteiger partial charge < -0.3 is 24.6 Å². The number of hydrogen-bond donors (Lipinski definition) is 2. The molecule has 0 amide bonds. The highest BCUT2D eigenvalue weighted by atomic mass is 31.2. The van der Waals surface area contributed by atoms with Crippen LogP contribution in [-0.2, 0) is 13.8 Å². The Hall–Kier alpha value is -3.45. The van der Waals surface area contributed by atoms with Crippen molar-refractivity contribution in [1.29, 1.82) is 0 Å². The number of nitrogens with two attached hydrogens (primary N) is 1. The zero-order chi connectivity index (χ0) is 28.6. The average Bonchev–Trinajstić information content (AvgIpc) is 3.07. The molecule has 0 bridgehead atoms. The molecule has 0 aliphatic carbocycles. The van der Waals surface area contributed by atoms with Crippen molar-refractivity contribution in [1.82, 2.24) is 9.55 Å². The van der Waals surface area contributed by atoms with E-state index in [1.165, 1.54) is 24.3 Å². The summed E-state index contributed by atoms with van der Waals surface area (Å²) in [5.74, 6) is -4.85. The minimum absolute atomic E-state index is 0.0438. The molecule has 0 unspecified atom stereocenters. The fourth-order valence-electron chi connectivity index (χ4n) is 3.71. The fraction of sp³-hybridized carbons (Fsp3) is 0.333. The first-order valence-corrected chi connectivity index (χ1v) is 12.9. The number of aliphatic hydroxyl groups excluding tert-OH is 1. The van der Waals surface area contributed by atoms with Gasteiger partial charge in [-0.25, -0.2) is 18.1 Å².